The third-order valence-corrected chi connectivity index (χ3v) is 5.46. The van der Waals surface area contributed by atoms with Crippen molar-refractivity contribution >= 4 is 21.4 Å². The second-order valence-electron chi connectivity index (χ2n) is 5.11. The Morgan fingerprint density at radius 3 is 2.45 bits per heavy atom. The Labute approximate surface area is 119 Å². The molecule has 6 heteroatoms. The number of carbonyl (C=O) groups excluding carboxylic acids is 1. The van der Waals surface area contributed by atoms with E-state index in [0.29, 0.717) is 12.3 Å². The van der Waals surface area contributed by atoms with Crippen LogP contribution in [0.25, 0.3) is 0 Å². The molecule has 0 saturated carbocycles. The highest BCUT2D eigenvalue weighted by atomic mass is 32.2. The maximum absolute atomic E-state index is 12.0. The first-order chi connectivity index (χ1) is 9.41. The third-order valence-electron chi connectivity index (χ3n) is 3.29. The van der Waals surface area contributed by atoms with Gasteiger partial charge in [-0.15, -0.1) is 0 Å². The van der Waals surface area contributed by atoms with Gasteiger partial charge in [0.1, 0.15) is 6.10 Å². The van der Waals surface area contributed by atoms with Gasteiger partial charge in [-0.25, -0.2) is 8.42 Å². The van der Waals surface area contributed by atoms with Crippen LogP contribution in [0.2, 0.25) is 0 Å². The van der Waals surface area contributed by atoms with Crippen LogP contribution in [0.1, 0.15) is 26.7 Å². The van der Waals surface area contributed by atoms with Crippen LogP contribution in [0.5, 0.6) is 0 Å². The summed E-state index contributed by atoms with van der Waals surface area (Å²) >= 11 is 0. The molecule has 0 bridgehead atoms. The van der Waals surface area contributed by atoms with Crippen LogP contribution >= 0.6 is 0 Å². The smallest absolute Gasteiger partial charge is 0.253 e. The Hall–Kier alpha value is -1.40. The first-order valence-electron chi connectivity index (χ1n) is 6.67. The predicted octanol–water partition coefficient (Wildman–Crippen LogP) is 1.99. The van der Waals surface area contributed by atoms with E-state index in [2.05, 4.69) is 5.32 Å². The average molecular weight is 297 g/mol. The molecule has 110 valence electrons. The molecule has 0 aromatic heterocycles. The van der Waals surface area contributed by atoms with Gasteiger partial charge < -0.3 is 10.1 Å². The molecule has 1 amide bonds. The van der Waals surface area contributed by atoms with Gasteiger partial charge in [-0.2, -0.15) is 0 Å². The highest BCUT2D eigenvalue weighted by Gasteiger charge is 2.24. The van der Waals surface area contributed by atoms with E-state index in [1.54, 1.807) is 26.0 Å². The van der Waals surface area contributed by atoms with Gasteiger partial charge in [0.25, 0.3) is 5.91 Å². The molecule has 20 heavy (non-hydrogen) atoms. The van der Waals surface area contributed by atoms with Crippen molar-refractivity contribution in [2.45, 2.75) is 42.9 Å². The summed E-state index contributed by atoms with van der Waals surface area (Å²) in [5.74, 6) is -0.179. The summed E-state index contributed by atoms with van der Waals surface area (Å²) in [6, 6.07) is 6.23. The quantitative estimate of drug-likeness (QED) is 0.922. The lowest BCUT2D eigenvalue weighted by Gasteiger charge is -2.11. The monoisotopic (exact) mass is 297 g/mol. The molecule has 1 aliphatic heterocycles. The zero-order chi connectivity index (χ0) is 14.8. The fourth-order valence-electron chi connectivity index (χ4n) is 2.01. The molecule has 1 aliphatic rings. The molecule has 1 N–H and O–H groups in total. The molecule has 0 spiro atoms. The number of sulfone groups is 1. The lowest BCUT2D eigenvalue weighted by atomic mass is 10.2. The first-order valence-corrected chi connectivity index (χ1v) is 8.22. The summed E-state index contributed by atoms with van der Waals surface area (Å²) in [6.07, 6.45) is 1.23. The van der Waals surface area contributed by atoms with Gasteiger partial charge in [0.05, 0.1) is 10.1 Å². The minimum absolute atomic E-state index is 0.179. The third kappa shape index (κ3) is 3.19. The number of benzene rings is 1. The minimum Gasteiger partial charge on any atom is -0.368 e. The maximum atomic E-state index is 12.0. The van der Waals surface area contributed by atoms with Gasteiger partial charge in [-0.1, -0.05) is 0 Å². The largest absolute Gasteiger partial charge is 0.368 e. The number of nitrogens with one attached hydrogen (secondary N) is 1. The second kappa shape index (κ2) is 5.93. The van der Waals surface area contributed by atoms with Crippen LogP contribution in [-0.4, -0.2) is 32.3 Å². The molecule has 1 fully saturated rings. The first kappa shape index (κ1) is 15.0. The van der Waals surface area contributed by atoms with E-state index in [1.807, 2.05) is 0 Å². The summed E-state index contributed by atoms with van der Waals surface area (Å²) in [5.41, 5.74) is 0.577. The van der Waals surface area contributed by atoms with Crippen molar-refractivity contribution in [3.8, 4) is 0 Å². The Morgan fingerprint density at radius 1 is 1.30 bits per heavy atom. The Kier molecular flexibility index (Phi) is 4.45. The average Bonchev–Trinajstić information content (AvgIpc) is 2.93. The van der Waals surface area contributed by atoms with E-state index in [-0.39, 0.29) is 10.8 Å². The number of anilines is 1. The molecule has 2 rings (SSSR count). The summed E-state index contributed by atoms with van der Waals surface area (Å²) in [4.78, 5) is 12.1. The number of rotatable bonds is 4. The van der Waals surface area contributed by atoms with Crippen LogP contribution in [0.3, 0.4) is 0 Å². The number of hydrogen-bond donors (Lipinski definition) is 1. The molecule has 5 nitrogen and oxygen atoms in total. The minimum atomic E-state index is -3.28. The Morgan fingerprint density at radius 2 is 1.95 bits per heavy atom. The fourth-order valence-corrected chi connectivity index (χ4v) is 3.07. The van der Waals surface area contributed by atoms with Crippen LogP contribution in [0.4, 0.5) is 5.69 Å². The molecule has 1 aromatic rings. The van der Waals surface area contributed by atoms with E-state index >= 15 is 0 Å². The van der Waals surface area contributed by atoms with E-state index in [1.165, 1.54) is 12.1 Å². The normalized spacial score (nSPS) is 19.2. The van der Waals surface area contributed by atoms with Gasteiger partial charge >= 0.3 is 0 Å². The molecule has 1 aromatic carbocycles. The van der Waals surface area contributed by atoms with Crippen LogP contribution < -0.4 is 5.32 Å². The fraction of sp³-hybridized carbons (Fsp3) is 0.500. The van der Waals surface area contributed by atoms with Gasteiger partial charge in [0.2, 0.25) is 0 Å². The standard InChI is InChI=1S/C14H19NO4S/c1-10(2)20(17,18)12-7-5-11(6-8-12)15-14(16)13-4-3-9-19-13/h5-8,10,13H,3-4,9H2,1-2H3,(H,15,16). The van der Waals surface area contributed by atoms with Crippen molar-refractivity contribution in [3.63, 3.8) is 0 Å². The summed E-state index contributed by atoms with van der Waals surface area (Å²) in [7, 11) is -3.28. The Balaban J connectivity index is 2.07. The number of carbonyl (C=O) groups is 1. The maximum Gasteiger partial charge on any atom is 0.253 e. The zero-order valence-corrected chi connectivity index (χ0v) is 12.4. The highest BCUT2D eigenvalue weighted by molar-refractivity contribution is 7.92. The van der Waals surface area contributed by atoms with Crippen LogP contribution in [0.15, 0.2) is 29.2 Å². The number of amides is 1. The predicted molar refractivity (Wildman–Crippen MR) is 76.4 cm³/mol. The van der Waals surface area contributed by atoms with Crippen LogP contribution in [-0.2, 0) is 19.4 Å². The van der Waals surface area contributed by atoms with E-state index in [0.717, 1.165) is 12.8 Å². The summed E-state index contributed by atoms with van der Waals surface area (Å²) < 4.78 is 29.2. The molecule has 1 saturated heterocycles. The number of hydrogen-bond acceptors (Lipinski definition) is 4. The molecule has 1 atom stereocenters. The highest BCUT2D eigenvalue weighted by Crippen LogP contribution is 2.20. The molecule has 0 aliphatic carbocycles. The molecular formula is C14H19NO4S. The van der Waals surface area contributed by atoms with Gasteiger partial charge in [0, 0.05) is 12.3 Å². The zero-order valence-electron chi connectivity index (χ0n) is 11.6. The van der Waals surface area contributed by atoms with E-state index < -0.39 is 21.2 Å². The number of ether oxygens (including phenoxy) is 1. The van der Waals surface area contributed by atoms with Crippen molar-refractivity contribution in [2.75, 3.05) is 11.9 Å². The van der Waals surface area contributed by atoms with Crippen LogP contribution in [0, 0.1) is 0 Å². The van der Waals surface area contributed by atoms with Crippen molar-refractivity contribution < 1.29 is 17.9 Å². The van der Waals surface area contributed by atoms with Gasteiger partial charge in [0.15, 0.2) is 9.84 Å². The Bertz CT molecular complexity index is 572. The van der Waals surface area contributed by atoms with Crippen molar-refractivity contribution in [3.05, 3.63) is 24.3 Å². The van der Waals surface area contributed by atoms with Gasteiger partial charge in [-0.3, -0.25) is 4.79 Å². The molecule has 1 heterocycles. The van der Waals surface area contributed by atoms with E-state index in [4.69, 9.17) is 4.74 Å². The van der Waals surface area contributed by atoms with Gasteiger partial charge in [-0.05, 0) is 51.0 Å². The second-order valence-corrected chi connectivity index (χ2v) is 7.61. The topological polar surface area (TPSA) is 72.5 Å². The molecular weight excluding hydrogens is 278 g/mol. The summed E-state index contributed by atoms with van der Waals surface area (Å²) in [6.45, 7) is 3.90. The van der Waals surface area contributed by atoms with Crippen molar-refractivity contribution in [2.24, 2.45) is 0 Å². The lowest BCUT2D eigenvalue weighted by molar-refractivity contribution is -0.124. The molecule has 1 unspecified atom stereocenters. The molecule has 0 radical (unpaired) electrons. The lowest BCUT2D eigenvalue weighted by Crippen LogP contribution is -2.26. The summed E-state index contributed by atoms with van der Waals surface area (Å²) in [5, 5.41) is 2.27. The SMILES string of the molecule is CC(C)S(=O)(=O)c1ccc(NC(=O)C2CCCO2)cc1. The van der Waals surface area contributed by atoms with Crippen molar-refractivity contribution in [1.29, 1.82) is 0 Å². The van der Waals surface area contributed by atoms with Crippen molar-refractivity contribution in [1.82, 2.24) is 0 Å². The van der Waals surface area contributed by atoms with E-state index in [9.17, 15) is 13.2 Å².